The number of unbranched alkanes of at least 4 members (excludes halogenated alkanes) is 4. The van der Waals surface area contributed by atoms with Crippen molar-refractivity contribution in [3.63, 3.8) is 0 Å². The number of aryl methyl sites for hydroxylation is 2. The highest BCUT2D eigenvalue weighted by Crippen LogP contribution is 2.27. The van der Waals surface area contributed by atoms with Gasteiger partial charge in [0.15, 0.2) is 0 Å². The van der Waals surface area contributed by atoms with Crippen LogP contribution in [-0.4, -0.2) is 25.9 Å². The largest absolute Gasteiger partial charge is 0.294 e. The van der Waals surface area contributed by atoms with Crippen LogP contribution < -0.4 is 0 Å². The summed E-state index contributed by atoms with van der Waals surface area (Å²) in [5.41, 5.74) is 3.21. The smallest absolute Gasteiger partial charge is 0.282 e. The predicted molar refractivity (Wildman–Crippen MR) is 184 cm³/mol. The van der Waals surface area contributed by atoms with Crippen LogP contribution in [0, 0.1) is 23.7 Å². The minimum atomic E-state index is -4.38. The maximum atomic E-state index is 11.9. The van der Waals surface area contributed by atoms with Crippen LogP contribution in [-0.2, 0) is 33.1 Å². The van der Waals surface area contributed by atoms with Gasteiger partial charge in [-0.3, -0.25) is 9.11 Å². The minimum absolute atomic E-state index is 0.145. The molecule has 0 spiro atoms. The van der Waals surface area contributed by atoms with E-state index in [-0.39, 0.29) is 9.79 Å². The van der Waals surface area contributed by atoms with E-state index in [4.69, 9.17) is 0 Å². The van der Waals surface area contributed by atoms with E-state index in [1.54, 1.807) is 36.4 Å². The predicted octanol–water partition coefficient (Wildman–Crippen LogP) is 9.14. The first-order chi connectivity index (χ1) is 23.1. The van der Waals surface area contributed by atoms with Crippen LogP contribution in [0.1, 0.15) is 49.7 Å². The van der Waals surface area contributed by atoms with Crippen LogP contribution in [0.5, 0.6) is 0 Å². The van der Waals surface area contributed by atoms with Crippen molar-refractivity contribution in [2.24, 2.45) is 20.5 Å². The lowest BCUT2D eigenvalue weighted by molar-refractivity contribution is 0.479. The van der Waals surface area contributed by atoms with Crippen molar-refractivity contribution in [3.05, 3.63) is 108 Å². The summed E-state index contributed by atoms with van der Waals surface area (Å²) in [4.78, 5) is -0.290. The molecule has 0 aliphatic heterocycles. The number of rotatable bonds is 14. The van der Waals surface area contributed by atoms with E-state index in [9.17, 15) is 25.9 Å². The Kier molecular flexibility index (Phi) is 13.3. The zero-order valence-electron chi connectivity index (χ0n) is 26.0. The van der Waals surface area contributed by atoms with Gasteiger partial charge < -0.3 is 0 Å². The van der Waals surface area contributed by atoms with Gasteiger partial charge in [-0.1, -0.05) is 48.2 Å². The molecule has 12 heteroatoms. The standard InChI is InChI=1S/C36H34N4O6S2/c41-47(42,43)35-25-23-33(39-37-31-19-13-9-14-20-31)27-29(35)17-11-7-5-3-1-2-4-6-8-12-18-30-28-34(24-26-36(30)48(44,45)46)40-38-32-21-15-10-16-22-32/h9-10,13-16,19-28H,5-8,11-12,17-18H2,(H,41,42,43)(H,44,45,46). The van der Waals surface area contributed by atoms with Gasteiger partial charge in [0.25, 0.3) is 20.2 Å². The van der Waals surface area contributed by atoms with Gasteiger partial charge in [-0.2, -0.15) is 37.3 Å². The lowest BCUT2D eigenvalue weighted by Crippen LogP contribution is -2.03. The summed E-state index contributed by atoms with van der Waals surface area (Å²) < 4.78 is 66.8. The molecule has 0 saturated carbocycles. The van der Waals surface area contributed by atoms with Crippen LogP contribution in [0.4, 0.5) is 22.7 Å². The fraction of sp³-hybridized carbons (Fsp3) is 0.222. The summed E-state index contributed by atoms with van der Waals surface area (Å²) in [7, 11) is -8.77. The zero-order valence-corrected chi connectivity index (χ0v) is 27.7. The highest BCUT2D eigenvalue weighted by Gasteiger charge is 2.17. The van der Waals surface area contributed by atoms with Gasteiger partial charge in [0, 0.05) is 12.8 Å². The molecule has 246 valence electrons. The lowest BCUT2D eigenvalue weighted by Gasteiger charge is -2.07. The molecule has 0 bridgehead atoms. The molecule has 0 heterocycles. The molecule has 0 aromatic heterocycles. The van der Waals surface area contributed by atoms with Gasteiger partial charge >= 0.3 is 0 Å². The summed E-state index contributed by atoms with van der Waals surface area (Å²) in [6.45, 7) is 0. The quantitative estimate of drug-likeness (QED) is 0.0584. The van der Waals surface area contributed by atoms with Crippen molar-refractivity contribution in [2.75, 3.05) is 0 Å². The number of benzene rings is 4. The number of hydrogen-bond donors (Lipinski definition) is 2. The third-order valence-corrected chi connectivity index (χ3v) is 8.86. The SMILES string of the molecule is O=S(=O)(O)c1ccc(N=Nc2ccccc2)cc1CCCCC#CC#CCCCCc1cc(N=Nc2ccccc2)ccc1S(=O)(=O)O. The molecule has 0 aliphatic carbocycles. The van der Waals surface area contributed by atoms with Crippen molar-refractivity contribution in [1.82, 2.24) is 0 Å². The molecule has 0 fully saturated rings. The highest BCUT2D eigenvalue weighted by atomic mass is 32.2. The molecule has 10 nitrogen and oxygen atoms in total. The molecular formula is C36H34N4O6S2. The molecule has 0 unspecified atom stereocenters. The van der Waals surface area contributed by atoms with Crippen molar-refractivity contribution < 1.29 is 25.9 Å². The van der Waals surface area contributed by atoms with E-state index in [2.05, 4.69) is 44.1 Å². The Morgan fingerprint density at radius 1 is 0.479 bits per heavy atom. The Balaban J connectivity index is 1.23. The summed E-state index contributed by atoms with van der Waals surface area (Å²) in [6, 6.07) is 27.2. The Morgan fingerprint density at radius 2 is 0.854 bits per heavy atom. The van der Waals surface area contributed by atoms with Crippen LogP contribution in [0.25, 0.3) is 0 Å². The topological polar surface area (TPSA) is 158 Å². The van der Waals surface area contributed by atoms with Crippen molar-refractivity contribution in [3.8, 4) is 23.7 Å². The Hall–Kier alpha value is -4.98. The average Bonchev–Trinajstić information content (AvgIpc) is 3.07. The first kappa shape index (κ1) is 35.9. The van der Waals surface area contributed by atoms with Gasteiger partial charge in [-0.15, -0.1) is 0 Å². The Morgan fingerprint density at radius 3 is 1.23 bits per heavy atom. The van der Waals surface area contributed by atoms with Crippen LogP contribution >= 0.6 is 0 Å². The van der Waals surface area contributed by atoms with Crippen LogP contribution in [0.2, 0.25) is 0 Å². The monoisotopic (exact) mass is 682 g/mol. The third kappa shape index (κ3) is 12.0. The molecular weight excluding hydrogens is 649 g/mol. The molecule has 4 aromatic rings. The number of azo groups is 2. The van der Waals surface area contributed by atoms with Crippen molar-refractivity contribution >= 4 is 43.0 Å². The average molecular weight is 683 g/mol. The molecule has 2 N–H and O–H groups in total. The Bertz CT molecular complexity index is 1940. The summed E-state index contributed by atoms with van der Waals surface area (Å²) in [6.07, 6.45) is 4.66. The summed E-state index contributed by atoms with van der Waals surface area (Å²) >= 11 is 0. The lowest BCUT2D eigenvalue weighted by atomic mass is 10.1. The van der Waals surface area contributed by atoms with E-state index in [1.807, 2.05) is 36.4 Å². The maximum absolute atomic E-state index is 11.9. The van der Waals surface area contributed by atoms with E-state index in [1.165, 1.54) is 24.3 Å². The van der Waals surface area contributed by atoms with Crippen LogP contribution in [0.3, 0.4) is 0 Å². The van der Waals surface area contributed by atoms with Crippen molar-refractivity contribution in [1.29, 1.82) is 0 Å². The summed E-state index contributed by atoms with van der Waals surface area (Å²) in [5.74, 6) is 11.6. The first-order valence-electron chi connectivity index (χ1n) is 15.2. The zero-order chi connectivity index (χ0) is 34.2. The first-order valence-corrected chi connectivity index (χ1v) is 18.1. The van der Waals surface area contributed by atoms with E-state index >= 15 is 0 Å². The minimum Gasteiger partial charge on any atom is -0.282 e. The molecule has 48 heavy (non-hydrogen) atoms. The van der Waals surface area contributed by atoms with E-state index in [0.29, 0.717) is 85.2 Å². The molecule has 4 aromatic carbocycles. The number of nitrogens with zero attached hydrogens (tertiary/aromatic N) is 4. The summed E-state index contributed by atoms with van der Waals surface area (Å²) in [5, 5.41) is 16.7. The van der Waals surface area contributed by atoms with E-state index < -0.39 is 20.2 Å². The molecule has 0 radical (unpaired) electrons. The molecule has 4 rings (SSSR count). The van der Waals surface area contributed by atoms with E-state index in [0.717, 1.165) is 0 Å². The van der Waals surface area contributed by atoms with Gasteiger partial charge in [0.2, 0.25) is 0 Å². The molecule has 0 aliphatic rings. The van der Waals surface area contributed by atoms with Gasteiger partial charge in [0.05, 0.1) is 32.5 Å². The third-order valence-electron chi connectivity index (χ3n) is 6.95. The molecule has 0 atom stereocenters. The highest BCUT2D eigenvalue weighted by molar-refractivity contribution is 7.86. The number of hydrogen-bond acceptors (Lipinski definition) is 8. The molecule has 0 saturated heterocycles. The normalized spacial score (nSPS) is 11.6. The fourth-order valence-corrected chi connectivity index (χ4v) is 6.11. The van der Waals surface area contributed by atoms with Crippen molar-refractivity contribution in [2.45, 2.75) is 61.2 Å². The van der Waals surface area contributed by atoms with Crippen LogP contribution in [0.15, 0.2) is 127 Å². The Labute approximate surface area is 281 Å². The fourth-order valence-electron chi connectivity index (χ4n) is 4.64. The van der Waals surface area contributed by atoms with Gasteiger partial charge in [-0.05, 0) is 122 Å². The second kappa shape index (κ2) is 17.8. The van der Waals surface area contributed by atoms with Gasteiger partial charge in [0.1, 0.15) is 0 Å². The maximum Gasteiger partial charge on any atom is 0.294 e. The second-order valence-electron chi connectivity index (χ2n) is 10.6. The van der Waals surface area contributed by atoms with Gasteiger partial charge in [-0.25, -0.2) is 0 Å². The second-order valence-corrected chi connectivity index (χ2v) is 13.4. The molecule has 0 amide bonds.